The van der Waals surface area contributed by atoms with Crippen LogP contribution in [0.4, 0.5) is 11.4 Å². The topological polar surface area (TPSA) is 84.9 Å². The minimum Gasteiger partial charge on any atom is -0.493 e. The summed E-state index contributed by atoms with van der Waals surface area (Å²) in [5.74, 6) is 0.261. The zero-order valence-electron chi connectivity index (χ0n) is 21.0. The molecule has 0 aliphatic heterocycles. The van der Waals surface area contributed by atoms with E-state index in [1.807, 2.05) is 52.0 Å². The summed E-state index contributed by atoms with van der Waals surface area (Å²) in [4.78, 5) is 13.2. The maximum absolute atomic E-state index is 13.9. The lowest BCUT2D eigenvalue weighted by Gasteiger charge is -2.25. The highest BCUT2D eigenvalue weighted by Crippen LogP contribution is 2.33. The van der Waals surface area contributed by atoms with Crippen LogP contribution in [0.25, 0.3) is 0 Å². The number of carbonyl (C=O) groups excluding carboxylic acids is 1. The summed E-state index contributed by atoms with van der Waals surface area (Å²) in [6, 6.07) is 15.6. The molecule has 0 aliphatic rings. The molecule has 8 heteroatoms. The van der Waals surface area contributed by atoms with Crippen molar-refractivity contribution in [3.05, 3.63) is 76.9 Å². The number of hydrogen-bond donors (Lipinski definition) is 1. The van der Waals surface area contributed by atoms with E-state index in [1.54, 1.807) is 12.1 Å². The fourth-order valence-electron chi connectivity index (χ4n) is 4.03. The van der Waals surface area contributed by atoms with E-state index in [2.05, 4.69) is 5.32 Å². The average Bonchev–Trinajstić information content (AvgIpc) is 2.82. The molecule has 0 bridgehead atoms. The Morgan fingerprint density at radius 3 is 2.17 bits per heavy atom. The predicted octanol–water partition coefficient (Wildman–Crippen LogP) is 5.03. The van der Waals surface area contributed by atoms with Crippen molar-refractivity contribution in [1.82, 2.24) is 0 Å². The number of rotatable bonds is 9. The minimum atomic E-state index is -4.12. The van der Waals surface area contributed by atoms with Gasteiger partial charge in [0.05, 0.1) is 24.8 Å². The van der Waals surface area contributed by atoms with E-state index in [4.69, 9.17) is 9.47 Å². The number of aryl methyl sites for hydroxylation is 4. The number of sulfonamides is 1. The van der Waals surface area contributed by atoms with Gasteiger partial charge in [-0.2, -0.15) is 0 Å². The van der Waals surface area contributed by atoms with Crippen LogP contribution in [-0.4, -0.2) is 35.1 Å². The summed E-state index contributed by atoms with van der Waals surface area (Å²) in [5, 5.41) is 2.93. The molecule has 3 aromatic carbocycles. The summed E-state index contributed by atoms with van der Waals surface area (Å²) >= 11 is 0. The number of benzene rings is 3. The summed E-state index contributed by atoms with van der Waals surface area (Å²) in [5.41, 5.74) is 4.80. The van der Waals surface area contributed by atoms with Gasteiger partial charge in [0, 0.05) is 11.8 Å². The fraction of sp³-hybridized carbons (Fsp3) is 0.296. The fourth-order valence-corrected chi connectivity index (χ4v) is 5.45. The van der Waals surface area contributed by atoms with Crippen molar-refractivity contribution in [2.24, 2.45) is 0 Å². The summed E-state index contributed by atoms with van der Waals surface area (Å²) < 4.78 is 39.4. The van der Waals surface area contributed by atoms with Crippen molar-refractivity contribution < 1.29 is 22.7 Å². The molecule has 3 aromatic rings. The highest BCUT2D eigenvalue weighted by Gasteiger charge is 2.29. The Morgan fingerprint density at radius 2 is 1.57 bits per heavy atom. The first-order valence-electron chi connectivity index (χ1n) is 11.3. The number of hydrogen-bond acceptors (Lipinski definition) is 5. The molecule has 0 atom stereocenters. The smallest absolute Gasteiger partial charge is 0.264 e. The highest BCUT2D eigenvalue weighted by molar-refractivity contribution is 7.92. The van der Waals surface area contributed by atoms with Gasteiger partial charge in [0.1, 0.15) is 6.54 Å². The lowest BCUT2D eigenvalue weighted by Crippen LogP contribution is -2.38. The molecule has 186 valence electrons. The molecule has 0 saturated heterocycles. The predicted molar refractivity (Wildman–Crippen MR) is 139 cm³/mol. The maximum atomic E-state index is 13.9. The normalized spacial score (nSPS) is 11.1. The van der Waals surface area contributed by atoms with Gasteiger partial charge in [-0.05, 0) is 73.7 Å². The van der Waals surface area contributed by atoms with Crippen LogP contribution in [-0.2, 0) is 21.2 Å². The molecule has 0 fully saturated rings. The lowest BCUT2D eigenvalue weighted by molar-refractivity contribution is -0.114. The third-order valence-electron chi connectivity index (χ3n) is 5.73. The van der Waals surface area contributed by atoms with E-state index in [9.17, 15) is 13.2 Å². The molecule has 0 unspecified atom stereocenters. The van der Waals surface area contributed by atoms with E-state index in [-0.39, 0.29) is 10.6 Å². The zero-order valence-corrected chi connectivity index (χ0v) is 21.8. The number of carbonyl (C=O) groups is 1. The van der Waals surface area contributed by atoms with E-state index in [0.717, 1.165) is 33.0 Å². The van der Waals surface area contributed by atoms with Crippen LogP contribution in [0.15, 0.2) is 59.5 Å². The number of anilines is 2. The van der Waals surface area contributed by atoms with Gasteiger partial charge < -0.3 is 14.8 Å². The lowest BCUT2D eigenvalue weighted by atomic mass is 10.1. The third-order valence-corrected chi connectivity index (χ3v) is 7.50. The molecule has 35 heavy (non-hydrogen) atoms. The van der Waals surface area contributed by atoms with Gasteiger partial charge in [0.2, 0.25) is 5.91 Å². The number of para-hydroxylation sites is 1. The summed E-state index contributed by atoms with van der Waals surface area (Å²) in [6.07, 6.45) is 0.738. The van der Waals surface area contributed by atoms with E-state index >= 15 is 0 Å². The van der Waals surface area contributed by atoms with Gasteiger partial charge in [-0.1, -0.05) is 31.2 Å². The van der Waals surface area contributed by atoms with Crippen molar-refractivity contribution in [2.45, 2.75) is 39.0 Å². The van der Waals surface area contributed by atoms with Crippen LogP contribution in [0.2, 0.25) is 0 Å². The van der Waals surface area contributed by atoms with Gasteiger partial charge in [0.25, 0.3) is 10.0 Å². The minimum absolute atomic E-state index is 0.00718. The van der Waals surface area contributed by atoms with Gasteiger partial charge in [-0.15, -0.1) is 0 Å². The second kappa shape index (κ2) is 10.8. The van der Waals surface area contributed by atoms with Crippen molar-refractivity contribution in [1.29, 1.82) is 0 Å². The molecule has 1 amide bonds. The van der Waals surface area contributed by atoms with Crippen LogP contribution >= 0.6 is 0 Å². The second-order valence-electron chi connectivity index (χ2n) is 8.39. The molecule has 7 nitrogen and oxygen atoms in total. The number of nitrogens with zero attached hydrogens (tertiary/aromatic N) is 1. The number of nitrogens with one attached hydrogen (secondary N) is 1. The molecule has 3 rings (SSSR count). The molecule has 0 heterocycles. The number of ether oxygens (including phenoxy) is 2. The van der Waals surface area contributed by atoms with Crippen LogP contribution in [0, 0.1) is 20.8 Å². The molecule has 0 spiro atoms. The second-order valence-corrected chi connectivity index (χ2v) is 10.2. The van der Waals surface area contributed by atoms with E-state index in [0.29, 0.717) is 17.1 Å². The quantitative estimate of drug-likeness (QED) is 0.449. The molecular formula is C27H32N2O5S. The Labute approximate surface area is 207 Å². The van der Waals surface area contributed by atoms with Gasteiger partial charge in [0.15, 0.2) is 11.5 Å². The van der Waals surface area contributed by atoms with Crippen molar-refractivity contribution >= 4 is 27.3 Å². The molecule has 0 saturated carbocycles. The highest BCUT2D eigenvalue weighted by atomic mass is 32.2. The monoisotopic (exact) mass is 496 g/mol. The number of methoxy groups -OCH3 is 2. The standard InChI is InChI=1S/C27H32N2O5S/c1-7-21-10-8-9-20(4)27(21)28-26(30)17-29(22-14-18(2)13-19(3)15-22)35(31,32)23-11-12-24(33-5)25(16-23)34-6/h8-16H,7,17H2,1-6H3,(H,28,30). The SMILES string of the molecule is CCc1cccc(C)c1NC(=O)CN(c1cc(C)cc(C)c1)S(=O)(=O)c1ccc(OC)c(OC)c1. The summed E-state index contributed by atoms with van der Waals surface area (Å²) in [7, 11) is -1.20. The Balaban J connectivity index is 2.06. The van der Waals surface area contributed by atoms with Crippen LogP contribution in [0.3, 0.4) is 0 Å². The van der Waals surface area contributed by atoms with Crippen LogP contribution < -0.4 is 19.1 Å². The Bertz CT molecular complexity index is 1320. The molecule has 1 N–H and O–H groups in total. The Hall–Kier alpha value is -3.52. The first kappa shape index (κ1) is 26.1. The average molecular weight is 497 g/mol. The third kappa shape index (κ3) is 5.77. The largest absolute Gasteiger partial charge is 0.493 e. The zero-order chi connectivity index (χ0) is 25.8. The van der Waals surface area contributed by atoms with E-state index < -0.39 is 22.5 Å². The molecule has 0 radical (unpaired) electrons. The number of amides is 1. The molecule has 0 aliphatic carbocycles. The first-order valence-corrected chi connectivity index (χ1v) is 12.8. The Kier molecular flexibility index (Phi) is 8.07. The molecular weight excluding hydrogens is 464 g/mol. The Morgan fingerprint density at radius 1 is 0.914 bits per heavy atom. The molecule has 0 aromatic heterocycles. The van der Waals surface area contributed by atoms with Crippen LogP contribution in [0.5, 0.6) is 11.5 Å². The van der Waals surface area contributed by atoms with Gasteiger partial charge in [-0.25, -0.2) is 8.42 Å². The van der Waals surface area contributed by atoms with Crippen molar-refractivity contribution in [2.75, 3.05) is 30.4 Å². The van der Waals surface area contributed by atoms with E-state index in [1.165, 1.54) is 32.4 Å². The first-order chi connectivity index (χ1) is 16.6. The van der Waals surface area contributed by atoms with Gasteiger partial charge >= 0.3 is 0 Å². The van der Waals surface area contributed by atoms with Crippen molar-refractivity contribution in [3.8, 4) is 11.5 Å². The van der Waals surface area contributed by atoms with Gasteiger partial charge in [-0.3, -0.25) is 9.10 Å². The summed E-state index contributed by atoms with van der Waals surface area (Å²) in [6.45, 7) is 7.30. The van der Waals surface area contributed by atoms with Crippen molar-refractivity contribution in [3.63, 3.8) is 0 Å². The maximum Gasteiger partial charge on any atom is 0.264 e. The van der Waals surface area contributed by atoms with Crippen LogP contribution in [0.1, 0.15) is 29.2 Å².